The fraction of sp³-hybridized carbons (Fsp3) is 0.667. The quantitative estimate of drug-likeness (QED) is 0.899. The van der Waals surface area contributed by atoms with E-state index < -0.39 is 0 Å². The van der Waals surface area contributed by atoms with Crippen molar-refractivity contribution in [3.8, 4) is 5.75 Å². The van der Waals surface area contributed by atoms with E-state index in [1.807, 2.05) is 19.1 Å². The van der Waals surface area contributed by atoms with Crippen LogP contribution in [-0.4, -0.2) is 42.7 Å². The van der Waals surface area contributed by atoms with Gasteiger partial charge in [-0.2, -0.15) is 0 Å². The molecule has 1 saturated heterocycles. The summed E-state index contributed by atoms with van der Waals surface area (Å²) in [6.07, 6.45) is 0. The van der Waals surface area contributed by atoms with Crippen LogP contribution in [0.5, 0.6) is 5.75 Å². The van der Waals surface area contributed by atoms with Crippen LogP contribution in [0, 0.1) is 12.8 Å². The third-order valence-electron chi connectivity index (χ3n) is 3.75. The average molecular weight is 263 g/mol. The summed E-state index contributed by atoms with van der Waals surface area (Å²) < 4.78 is 5.33. The molecule has 0 aliphatic carbocycles. The molecule has 0 radical (unpaired) electrons. The van der Waals surface area contributed by atoms with Crippen molar-refractivity contribution in [2.45, 2.75) is 33.4 Å². The largest absolute Gasteiger partial charge is 0.497 e. The van der Waals surface area contributed by atoms with E-state index in [1.165, 1.54) is 0 Å². The number of aryl methyl sites for hydroxylation is 1. The van der Waals surface area contributed by atoms with Gasteiger partial charge in [-0.1, -0.05) is 13.8 Å². The molecule has 1 aromatic rings. The number of rotatable bonds is 4. The maximum absolute atomic E-state index is 5.33. The van der Waals surface area contributed by atoms with Crippen LogP contribution in [0.25, 0.3) is 0 Å². The Labute approximate surface area is 116 Å². The lowest BCUT2D eigenvalue weighted by molar-refractivity contribution is 0.115. The summed E-state index contributed by atoms with van der Waals surface area (Å²) in [6, 6.07) is 4.61. The second kappa shape index (κ2) is 6.35. The zero-order valence-corrected chi connectivity index (χ0v) is 12.4. The van der Waals surface area contributed by atoms with Gasteiger partial charge in [-0.15, -0.1) is 0 Å². The molecule has 1 fully saturated rings. The topological polar surface area (TPSA) is 37.4 Å². The van der Waals surface area contributed by atoms with Gasteiger partial charge >= 0.3 is 0 Å². The molecular weight excluding hydrogens is 238 g/mol. The molecule has 1 atom stereocenters. The van der Waals surface area contributed by atoms with E-state index in [1.54, 1.807) is 7.11 Å². The van der Waals surface area contributed by atoms with Gasteiger partial charge in [-0.25, -0.2) is 0 Å². The average Bonchev–Trinajstić information content (AvgIpc) is 2.38. The summed E-state index contributed by atoms with van der Waals surface area (Å²) >= 11 is 0. The molecule has 19 heavy (non-hydrogen) atoms. The smallest absolute Gasteiger partial charge is 0.122 e. The van der Waals surface area contributed by atoms with E-state index in [4.69, 9.17) is 4.74 Å². The molecule has 1 aromatic heterocycles. The Hall–Kier alpha value is -1.13. The Morgan fingerprint density at radius 2 is 2.26 bits per heavy atom. The number of methoxy groups -OCH3 is 1. The van der Waals surface area contributed by atoms with Gasteiger partial charge in [0.25, 0.3) is 0 Å². The van der Waals surface area contributed by atoms with Gasteiger partial charge in [0.1, 0.15) is 5.75 Å². The molecule has 0 aromatic carbocycles. The molecule has 1 aliphatic rings. The summed E-state index contributed by atoms with van der Waals surface area (Å²) in [5.41, 5.74) is 2.12. The Kier molecular flexibility index (Phi) is 4.77. The van der Waals surface area contributed by atoms with Gasteiger partial charge in [-0.05, 0) is 12.8 Å². The predicted octanol–water partition coefficient (Wildman–Crippen LogP) is 1.83. The lowest BCUT2D eigenvalue weighted by Gasteiger charge is -2.38. The first-order valence-electron chi connectivity index (χ1n) is 7.06. The van der Waals surface area contributed by atoms with E-state index in [0.717, 1.165) is 43.3 Å². The minimum absolute atomic E-state index is 0.585. The van der Waals surface area contributed by atoms with Crippen LogP contribution in [-0.2, 0) is 6.54 Å². The van der Waals surface area contributed by atoms with Gasteiger partial charge in [0.05, 0.1) is 12.8 Å². The number of pyridine rings is 1. The van der Waals surface area contributed by atoms with Crippen LogP contribution in [0.15, 0.2) is 12.1 Å². The zero-order valence-electron chi connectivity index (χ0n) is 12.4. The highest BCUT2D eigenvalue weighted by Gasteiger charge is 2.25. The molecule has 2 rings (SSSR count). The van der Waals surface area contributed by atoms with Crippen LogP contribution in [0.4, 0.5) is 0 Å². The molecule has 0 amide bonds. The summed E-state index contributed by atoms with van der Waals surface area (Å²) in [4.78, 5) is 7.16. The van der Waals surface area contributed by atoms with Crippen molar-refractivity contribution in [1.29, 1.82) is 0 Å². The number of aromatic nitrogens is 1. The molecule has 4 heteroatoms. The van der Waals surface area contributed by atoms with E-state index in [9.17, 15) is 0 Å². The summed E-state index contributed by atoms with van der Waals surface area (Å²) in [7, 11) is 1.71. The maximum Gasteiger partial charge on any atom is 0.122 e. The second-order valence-corrected chi connectivity index (χ2v) is 5.63. The first-order chi connectivity index (χ1) is 9.10. The fourth-order valence-electron chi connectivity index (χ4n) is 2.73. The van der Waals surface area contributed by atoms with Crippen molar-refractivity contribution in [1.82, 2.24) is 15.2 Å². The monoisotopic (exact) mass is 263 g/mol. The molecule has 4 nitrogen and oxygen atoms in total. The molecule has 0 saturated carbocycles. The van der Waals surface area contributed by atoms with E-state index in [0.29, 0.717) is 12.0 Å². The number of nitrogens with one attached hydrogen (secondary N) is 1. The fourth-order valence-corrected chi connectivity index (χ4v) is 2.73. The van der Waals surface area contributed by atoms with Crippen LogP contribution < -0.4 is 10.1 Å². The highest BCUT2D eigenvalue weighted by atomic mass is 16.5. The molecule has 2 heterocycles. The Bertz CT molecular complexity index is 420. The lowest BCUT2D eigenvalue weighted by Crippen LogP contribution is -2.53. The van der Waals surface area contributed by atoms with Gasteiger partial charge in [0.15, 0.2) is 0 Å². The van der Waals surface area contributed by atoms with E-state index in [-0.39, 0.29) is 0 Å². The van der Waals surface area contributed by atoms with E-state index in [2.05, 4.69) is 29.0 Å². The van der Waals surface area contributed by atoms with E-state index >= 15 is 0 Å². The number of hydrogen-bond donors (Lipinski definition) is 1. The highest BCUT2D eigenvalue weighted by Crippen LogP contribution is 2.19. The molecule has 0 spiro atoms. The molecule has 106 valence electrons. The zero-order chi connectivity index (χ0) is 13.8. The van der Waals surface area contributed by atoms with Gasteiger partial charge in [0, 0.05) is 50.0 Å². The van der Waals surface area contributed by atoms with Crippen molar-refractivity contribution in [2.75, 3.05) is 26.7 Å². The molecule has 1 aliphatic heterocycles. The van der Waals surface area contributed by atoms with Crippen molar-refractivity contribution < 1.29 is 4.74 Å². The first kappa shape index (κ1) is 14.3. The van der Waals surface area contributed by atoms with Gasteiger partial charge < -0.3 is 10.1 Å². The predicted molar refractivity (Wildman–Crippen MR) is 77.4 cm³/mol. The summed E-state index contributed by atoms with van der Waals surface area (Å²) in [6.45, 7) is 10.7. The molecule has 1 N–H and O–H groups in total. The van der Waals surface area contributed by atoms with Crippen LogP contribution in [0.3, 0.4) is 0 Å². The number of nitrogens with zero attached hydrogens (tertiary/aromatic N) is 2. The van der Waals surface area contributed by atoms with Gasteiger partial charge in [0.2, 0.25) is 0 Å². The third-order valence-corrected chi connectivity index (χ3v) is 3.75. The minimum atomic E-state index is 0.585. The first-order valence-corrected chi connectivity index (χ1v) is 7.06. The Morgan fingerprint density at radius 3 is 2.95 bits per heavy atom. The number of piperazine rings is 1. The normalized spacial score (nSPS) is 20.8. The van der Waals surface area contributed by atoms with Crippen molar-refractivity contribution >= 4 is 0 Å². The summed E-state index contributed by atoms with van der Waals surface area (Å²) in [5, 5.41) is 3.48. The Balaban J connectivity index is 2.12. The molecular formula is C15H25N3O. The van der Waals surface area contributed by atoms with Crippen LogP contribution in [0.2, 0.25) is 0 Å². The lowest BCUT2D eigenvalue weighted by atomic mass is 10.0. The molecule has 0 bridgehead atoms. The Morgan fingerprint density at radius 1 is 1.47 bits per heavy atom. The standard InChI is InChI=1S/C15H25N3O/c1-11(2)15-9-16-5-6-18(15)10-13-8-14(19-4)7-12(3)17-13/h7-8,11,15-16H,5-6,9-10H2,1-4H3. The van der Waals surface area contributed by atoms with Crippen molar-refractivity contribution in [2.24, 2.45) is 5.92 Å². The number of ether oxygens (including phenoxy) is 1. The van der Waals surface area contributed by atoms with Crippen LogP contribution >= 0.6 is 0 Å². The van der Waals surface area contributed by atoms with Crippen molar-refractivity contribution in [3.05, 3.63) is 23.5 Å². The van der Waals surface area contributed by atoms with Crippen LogP contribution in [0.1, 0.15) is 25.2 Å². The highest BCUT2D eigenvalue weighted by molar-refractivity contribution is 5.26. The van der Waals surface area contributed by atoms with Gasteiger partial charge in [-0.3, -0.25) is 9.88 Å². The van der Waals surface area contributed by atoms with Crippen molar-refractivity contribution in [3.63, 3.8) is 0 Å². The maximum atomic E-state index is 5.33. The second-order valence-electron chi connectivity index (χ2n) is 5.63. The minimum Gasteiger partial charge on any atom is -0.497 e. The third kappa shape index (κ3) is 3.67. The number of hydrogen-bond acceptors (Lipinski definition) is 4. The SMILES string of the molecule is COc1cc(C)nc(CN2CCNCC2C(C)C)c1. The summed E-state index contributed by atoms with van der Waals surface area (Å²) in [5.74, 6) is 1.55. The molecule has 1 unspecified atom stereocenters.